The molecule has 2 aromatic rings. The average molecular weight is 283 g/mol. The lowest BCUT2D eigenvalue weighted by Crippen LogP contribution is -2.27. The van der Waals surface area contributed by atoms with Crippen molar-refractivity contribution >= 4 is 5.82 Å². The van der Waals surface area contributed by atoms with Crippen LogP contribution in [0.1, 0.15) is 35.7 Å². The van der Waals surface area contributed by atoms with E-state index >= 15 is 0 Å². The van der Waals surface area contributed by atoms with Crippen LogP contribution in [-0.2, 0) is 6.54 Å². The number of aromatic nitrogens is 3. The fraction of sp³-hybridized carbons (Fsp3) is 0.438. The van der Waals surface area contributed by atoms with E-state index in [0.29, 0.717) is 12.5 Å². The molecule has 1 aliphatic rings. The van der Waals surface area contributed by atoms with Crippen LogP contribution in [0, 0.1) is 6.92 Å². The molecular weight excluding hydrogens is 262 g/mol. The average Bonchev–Trinajstić information content (AvgIpc) is 2.55. The van der Waals surface area contributed by atoms with Gasteiger partial charge in [-0.2, -0.15) is 0 Å². The van der Waals surface area contributed by atoms with Gasteiger partial charge in [-0.1, -0.05) is 6.07 Å². The minimum atomic E-state index is 0.493. The molecule has 0 aliphatic carbocycles. The molecule has 5 nitrogen and oxygen atoms in total. The number of piperidine rings is 1. The zero-order valence-corrected chi connectivity index (χ0v) is 12.3. The molecule has 110 valence electrons. The molecule has 0 unspecified atom stereocenters. The third-order valence-electron chi connectivity index (χ3n) is 3.99. The Hall–Kier alpha value is -2.01. The van der Waals surface area contributed by atoms with Crippen molar-refractivity contribution in [2.45, 2.75) is 32.2 Å². The number of nitrogens with one attached hydrogen (secondary N) is 2. The molecule has 0 amide bonds. The van der Waals surface area contributed by atoms with Crippen molar-refractivity contribution in [1.29, 1.82) is 0 Å². The van der Waals surface area contributed by atoms with E-state index in [2.05, 4.69) is 38.6 Å². The van der Waals surface area contributed by atoms with Crippen molar-refractivity contribution in [1.82, 2.24) is 20.3 Å². The van der Waals surface area contributed by atoms with Gasteiger partial charge in [0.15, 0.2) is 0 Å². The summed E-state index contributed by atoms with van der Waals surface area (Å²) in [5.74, 6) is 1.39. The quantitative estimate of drug-likeness (QED) is 0.901. The van der Waals surface area contributed by atoms with Gasteiger partial charge in [-0.15, -0.1) is 0 Å². The molecule has 3 rings (SSSR count). The second-order valence-electron chi connectivity index (χ2n) is 5.44. The van der Waals surface area contributed by atoms with E-state index in [-0.39, 0.29) is 0 Å². The van der Waals surface area contributed by atoms with E-state index in [9.17, 15) is 0 Å². The molecule has 1 fully saturated rings. The van der Waals surface area contributed by atoms with Crippen LogP contribution in [0.3, 0.4) is 0 Å². The fourth-order valence-electron chi connectivity index (χ4n) is 2.75. The van der Waals surface area contributed by atoms with Crippen LogP contribution in [0.2, 0.25) is 0 Å². The molecule has 2 N–H and O–H groups in total. The Morgan fingerprint density at radius 1 is 1.14 bits per heavy atom. The predicted molar refractivity (Wildman–Crippen MR) is 83.2 cm³/mol. The highest BCUT2D eigenvalue weighted by Gasteiger charge is 2.20. The fourth-order valence-corrected chi connectivity index (χ4v) is 2.75. The van der Waals surface area contributed by atoms with Gasteiger partial charge < -0.3 is 10.6 Å². The van der Waals surface area contributed by atoms with Gasteiger partial charge in [0.1, 0.15) is 5.82 Å². The molecule has 0 spiro atoms. The van der Waals surface area contributed by atoms with Crippen molar-refractivity contribution in [3.05, 3.63) is 47.7 Å². The highest BCUT2D eigenvalue weighted by atomic mass is 15.0. The van der Waals surface area contributed by atoms with E-state index in [0.717, 1.165) is 43.1 Å². The summed E-state index contributed by atoms with van der Waals surface area (Å²) in [7, 11) is 0. The first kappa shape index (κ1) is 13.9. The third-order valence-corrected chi connectivity index (χ3v) is 3.99. The van der Waals surface area contributed by atoms with Crippen LogP contribution >= 0.6 is 0 Å². The number of nitrogens with zero attached hydrogens (tertiary/aromatic N) is 3. The van der Waals surface area contributed by atoms with Crippen molar-refractivity contribution in [3.63, 3.8) is 0 Å². The standard InChI is InChI=1S/C16H21N5/c1-12-3-2-6-18-14(12)11-21-16-15(19-9-10-20-16)13-4-7-17-8-5-13/h2-3,6,9-10,13,17H,4-5,7-8,11H2,1H3,(H,20,21). The Balaban J connectivity index is 1.74. The largest absolute Gasteiger partial charge is 0.363 e. The maximum Gasteiger partial charge on any atom is 0.148 e. The Morgan fingerprint density at radius 2 is 1.95 bits per heavy atom. The first-order valence-electron chi connectivity index (χ1n) is 7.50. The monoisotopic (exact) mass is 283 g/mol. The Labute approximate surface area is 125 Å². The molecule has 2 aromatic heterocycles. The Morgan fingerprint density at radius 3 is 2.76 bits per heavy atom. The van der Waals surface area contributed by atoms with Gasteiger partial charge in [-0.05, 0) is 44.5 Å². The van der Waals surface area contributed by atoms with Crippen molar-refractivity contribution < 1.29 is 0 Å². The van der Waals surface area contributed by atoms with Gasteiger partial charge in [0.2, 0.25) is 0 Å². The second-order valence-corrected chi connectivity index (χ2v) is 5.44. The van der Waals surface area contributed by atoms with Crippen LogP contribution in [0.5, 0.6) is 0 Å². The second kappa shape index (κ2) is 6.63. The minimum Gasteiger partial charge on any atom is -0.363 e. The Bertz CT molecular complexity index is 593. The number of rotatable bonds is 4. The molecule has 0 bridgehead atoms. The number of aryl methyl sites for hydroxylation is 1. The van der Waals surface area contributed by atoms with Crippen LogP contribution in [-0.4, -0.2) is 28.0 Å². The zero-order chi connectivity index (χ0) is 14.5. The normalized spacial score (nSPS) is 15.9. The maximum atomic E-state index is 4.56. The number of hydrogen-bond acceptors (Lipinski definition) is 5. The molecule has 0 saturated carbocycles. The molecule has 3 heterocycles. The molecule has 0 radical (unpaired) electrons. The van der Waals surface area contributed by atoms with E-state index in [4.69, 9.17) is 0 Å². The lowest BCUT2D eigenvalue weighted by Gasteiger charge is -2.23. The molecule has 5 heteroatoms. The topological polar surface area (TPSA) is 62.7 Å². The summed E-state index contributed by atoms with van der Waals surface area (Å²) < 4.78 is 0. The lowest BCUT2D eigenvalue weighted by molar-refractivity contribution is 0.453. The van der Waals surface area contributed by atoms with Gasteiger partial charge in [0, 0.05) is 24.5 Å². The molecule has 0 atom stereocenters. The Kier molecular flexibility index (Phi) is 4.40. The summed E-state index contributed by atoms with van der Waals surface area (Å²) in [6, 6.07) is 4.04. The molecular formula is C16H21N5. The predicted octanol–water partition coefficient (Wildman–Crippen LogP) is 2.26. The van der Waals surface area contributed by atoms with Gasteiger partial charge in [-0.25, -0.2) is 4.98 Å². The first-order chi connectivity index (χ1) is 10.3. The van der Waals surface area contributed by atoms with E-state index in [1.165, 1.54) is 5.56 Å². The van der Waals surface area contributed by atoms with Crippen molar-refractivity contribution in [2.75, 3.05) is 18.4 Å². The van der Waals surface area contributed by atoms with Crippen LogP contribution in [0.15, 0.2) is 30.7 Å². The lowest BCUT2D eigenvalue weighted by atomic mass is 9.94. The van der Waals surface area contributed by atoms with Gasteiger partial charge >= 0.3 is 0 Å². The highest BCUT2D eigenvalue weighted by Crippen LogP contribution is 2.28. The summed E-state index contributed by atoms with van der Waals surface area (Å²) in [5.41, 5.74) is 3.34. The van der Waals surface area contributed by atoms with Crippen LogP contribution in [0.25, 0.3) is 0 Å². The smallest absolute Gasteiger partial charge is 0.148 e. The summed E-state index contributed by atoms with van der Waals surface area (Å²) in [4.78, 5) is 13.5. The number of pyridine rings is 1. The minimum absolute atomic E-state index is 0.493. The SMILES string of the molecule is Cc1cccnc1CNc1nccnc1C1CCNCC1. The number of anilines is 1. The molecule has 0 aromatic carbocycles. The van der Waals surface area contributed by atoms with E-state index < -0.39 is 0 Å². The number of hydrogen-bond donors (Lipinski definition) is 2. The zero-order valence-electron chi connectivity index (χ0n) is 12.3. The van der Waals surface area contributed by atoms with Crippen LogP contribution < -0.4 is 10.6 Å². The molecule has 21 heavy (non-hydrogen) atoms. The van der Waals surface area contributed by atoms with Gasteiger partial charge in [0.05, 0.1) is 17.9 Å². The summed E-state index contributed by atoms with van der Waals surface area (Å²) in [6.07, 6.45) is 7.60. The molecule has 1 aliphatic heterocycles. The van der Waals surface area contributed by atoms with Crippen LogP contribution in [0.4, 0.5) is 5.82 Å². The van der Waals surface area contributed by atoms with E-state index in [1.807, 2.05) is 12.3 Å². The van der Waals surface area contributed by atoms with Gasteiger partial charge in [0.25, 0.3) is 0 Å². The summed E-state index contributed by atoms with van der Waals surface area (Å²) >= 11 is 0. The summed E-state index contributed by atoms with van der Waals surface area (Å²) in [6.45, 7) is 4.87. The summed E-state index contributed by atoms with van der Waals surface area (Å²) in [5, 5.41) is 6.80. The van der Waals surface area contributed by atoms with Crippen molar-refractivity contribution in [2.24, 2.45) is 0 Å². The van der Waals surface area contributed by atoms with E-state index in [1.54, 1.807) is 12.4 Å². The maximum absolute atomic E-state index is 4.56. The third kappa shape index (κ3) is 3.36. The molecule has 1 saturated heterocycles. The first-order valence-corrected chi connectivity index (χ1v) is 7.50. The van der Waals surface area contributed by atoms with Gasteiger partial charge in [-0.3, -0.25) is 9.97 Å². The highest BCUT2D eigenvalue weighted by molar-refractivity contribution is 5.42. The van der Waals surface area contributed by atoms with Crippen molar-refractivity contribution in [3.8, 4) is 0 Å².